The number of rotatable bonds is 2. The maximum Gasteiger partial charge on any atom is 0.271 e. The van der Waals surface area contributed by atoms with Crippen molar-refractivity contribution >= 4 is 17.2 Å². The molecular weight excluding hydrogens is 232 g/mol. The molecule has 2 aromatic rings. The molecule has 0 aliphatic carbocycles. The molecule has 0 aliphatic heterocycles. The number of thiophene rings is 1. The smallest absolute Gasteiger partial charge is 0.271 e. The predicted molar refractivity (Wildman–Crippen MR) is 70.3 cm³/mol. The van der Waals surface area contributed by atoms with Crippen LogP contribution in [0.5, 0.6) is 0 Å². The Bertz CT molecular complexity index is 546. The Morgan fingerprint density at radius 1 is 1.24 bits per heavy atom. The summed E-state index contributed by atoms with van der Waals surface area (Å²) in [5.74, 6) is -0.0693. The van der Waals surface area contributed by atoms with Gasteiger partial charge in [-0.2, -0.15) is 0 Å². The summed E-state index contributed by atoms with van der Waals surface area (Å²) in [6.07, 6.45) is 0. The minimum Gasteiger partial charge on any atom is -0.343 e. The highest BCUT2D eigenvalue weighted by molar-refractivity contribution is 7.15. The van der Waals surface area contributed by atoms with Gasteiger partial charge in [0.15, 0.2) is 0 Å². The molecule has 4 heteroatoms. The number of pyridine rings is 1. The normalized spacial score (nSPS) is 10.3. The van der Waals surface area contributed by atoms with E-state index in [2.05, 4.69) is 18.0 Å². The van der Waals surface area contributed by atoms with Gasteiger partial charge in [-0.05, 0) is 31.2 Å². The van der Waals surface area contributed by atoms with Crippen LogP contribution in [0.1, 0.15) is 15.4 Å². The lowest BCUT2D eigenvalue weighted by atomic mass is 10.2. The van der Waals surface area contributed by atoms with Crippen molar-refractivity contribution in [3.63, 3.8) is 0 Å². The van der Waals surface area contributed by atoms with Gasteiger partial charge in [0.2, 0.25) is 0 Å². The van der Waals surface area contributed by atoms with Crippen molar-refractivity contribution in [3.05, 3.63) is 40.9 Å². The van der Waals surface area contributed by atoms with Crippen LogP contribution in [0.3, 0.4) is 0 Å². The average molecular weight is 246 g/mol. The van der Waals surface area contributed by atoms with E-state index in [0.717, 1.165) is 10.6 Å². The van der Waals surface area contributed by atoms with E-state index in [0.29, 0.717) is 5.69 Å². The summed E-state index contributed by atoms with van der Waals surface area (Å²) in [7, 11) is 3.46. The van der Waals surface area contributed by atoms with E-state index >= 15 is 0 Å². The lowest BCUT2D eigenvalue weighted by Crippen LogP contribution is -2.22. The van der Waals surface area contributed by atoms with E-state index in [1.807, 2.05) is 18.2 Å². The number of hydrogen-bond acceptors (Lipinski definition) is 3. The third kappa shape index (κ3) is 2.53. The monoisotopic (exact) mass is 246 g/mol. The molecule has 1 amide bonds. The highest BCUT2D eigenvalue weighted by atomic mass is 32.1. The summed E-state index contributed by atoms with van der Waals surface area (Å²) in [5.41, 5.74) is 1.34. The summed E-state index contributed by atoms with van der Waals surface area (Å²) in [5, 5.41) is 0. The molecule has 2 rings (SSSR count). The minimum absolute atomic E-state index is 0.0693. The van der Waals surface area contributed by atoms with E-state index in [4.69, 9.17) is 0 Å². The topological polar surface area (TPSA) is 33.2 Å². The molecule has 0 fully saturated rings. The van der Waals surface area contributed by atoms with Gasteiger partial charge < -0.3 is 4.90 Å². The zero-order chi connectivity index (χ0) is 12.4. The molecule has 2 heterocycles. The van der Waals surface area contributed by atoms with Crippen LogP contribution >= 0.6 is 11.3 Å². The number of amides is 1. The van der Waals surface area contributed by atoms with Crippen LogP contribution in [-0.4, -0.2) is 29.9 Å². The Labute approximate surface area is 105 Å². The first kappa shape index (κ1) is 11.8. The van der Waals surface area contributed by atoms with Crippen LogP contribution in [0.2, 0.25) is 0 Å². The largest absolute Gasteiger partial charge is 0.343 e. The van der Waals surface area contributed by atoms with E-state index < -0.39 is 0 Å². The molecule has 0 atom stereocenters. The maximum atomic E-state index is 11.8. The number of aryl methyl sites for hydroxylation is 1. The SMILES string of the molecule is Cc1ccc(-c2cccc(C(=O)N(C)C)n2)s1. The van der Waals surface area contributed by atoms with E-state index in [-0.39, 0.29) is 5.91 Å². The summed E-state index contributed by atoms with van der Waals surface area (Å²) >= 11 is 1.68. The highest BCUT2D eigenvalue weighted by Crippen LogP contribution is 2.26. The van der Waals surface area contributed by atoms with Gasteiger partial charge in [0.05, 0.1) is 10.6 Å². The van der Waals surface area contributed by atoms with Gasteiger partial charge in [-0.1, -0.05) is 6.07 Å². The van der Waals surface area contributed by atoms with E-state index in [1.54, 1.807) is 31.5 Å². The van der Waals surface area contributed by atoms with Gasteiger partial charge in [0, 0.05) is 19.0 Å². The van der Waals surface area contributed by atoms with Gasteiger partial charge in [-0.15, -0.1) is 11.3 Å². The molecule has 0 radical (unpaired) electrons. The molecule has 0 aliphatic rings. The van der Waals surface area contributed by atoms with Gasteiger partial charge in [0.25, 0.3) is 5.91 Å². The van der Waals surface area contributed by atoms with Crippen molar-refractivity contribution in [1.82, 2.24) is 9.88 Å². The number of carbonyl (C=O) groups is 1. The summed E-state index contributed by atoms with van der Waals surface area (Å²) in [4.78, 5) is 20.1. The highest BCUT2D eigenvalue weighted by Gasteiger charge is 2.11. The van der Waals surface area contributed by atoms with Gasteiger partial charge in [-0.25, -0.2) is 4.98 Å². The quantitative estimate of drug-likeness (QED) is 0.816. The first-order chi connectivity index (χ1) is 8.08. The number of carbonyl (C=O) groups excluding carboxylic acids is 1. The molecule has 0 saturated heterocycles. The van der Waals surface area contributed by atoms with Crippen LogP contribution in [0.25, 0.3) is 10.6 Å². The lowest BCUT2D eigenvalue weighted by Gasteiger charge is -2.09. The molecule has 17 heavy (non-hydrogen) atoms. The van der Waals surface area contributed by atoms with Crippen molar-refractivity contribution in [3.8, 4) is 10.6 Å². The van der Waals surface area contributed by atoms with Crippen LogP contribution in [0, 0.1) is 6.92 Å². The molecule has 0 aromatic carbocycles. The first-order valence-corrected chi connectivity index (χ1v) is 6.15. The zero-order valence-corrected chi connectivity index (χ0v) is 10.9. The van der Waals surface area contributed by atoms with Crippen molar-refractivity contribution < 1.29 is 4.79 Å². The molecule has 0 N–H and O–H groups in total. The fraction of sp³-hybridized carbons (Fsp3) is 0.231. The van der Waals surface area contributed by atoms with Crippen LogP contribution < -0.4 is 0 Å². The Hall–Kier alpha value is -1.68. The Morgan fingerprint density at radius 2 is 2.00 bits per heavy atom. The number of nitrogens with zero attached hydrogens (tertiary/aromatic N) is 2. The number of hydrogen-bond donors (Lipinski definition) is 0. The van der Waals surface area contributed by atoms with Crippen molar-refractivity contribution in [2.24, 2.45) is 0 Å². The first-order valence-electron chi connectivity index (χ1n) is 5.33. The zero-order valence-electron chi connectivity index (χ0n) is 10.1. The molecule has 0 saturated carbocycles. The Balaban J connectivity index is 2.38. The standard InChI is InChI=1S/C13H14N2OS/c1-9-7-8-12(17-9)10-5-4-6-11(14-10)13(16)15(2)3/h4-8H,1-3H3. The third-order valence-electron chi connectivity index (χ3n) is 2.37. The van der Waals surface area contributed by atoms with Crippen LogP contribution in [-0.2, 0) is 0 Å². The summed E-state index contributed by atoms with van der Waals surface area (Å²) in [6.45, 7) is 2.06. The van der Waals surface area contributed by atoms with Crippen molar-refractivity contribution in [2.75, 3.05) is 14.1 Å². The maximum absolute atomic E-state index is 11.8. The van der Waals surface area contributed by atoms with Gasteiger partial charge in [-0.3, -0.25) is 4.79 Å². The molecule has 0 bridgehead atoms. The fourth-order valence-electron chi connectivity index (χ4n) is 1.49. The second kappa shape index (κ2) is 4.67. The van der Waals surface area contributed by atoms with Gasteiger partial charge in [0.1, 0.15) is 5.69 Å². The van der Waals surface area contributed by atoms with Crippen LogP contribution in [0.4, 0.5) is 0 Å². The summed E-state index contributed by atoms with van der Waals surface area (Å²) < 4.78 is 0. The Morgan fingerprint density at radius 3 is 2.59 bits per heavy atom. The second-order valence-corrected chi connectivity index (χ2v) is 5.31. The average Bonchev–Trinajstić information content (AvgIpc) is 2.75. The summed E-state index contributed by atoms with van der Waals surface area (Å²) in [6, 6.07) is 9.63. The van der Waals surface area contributed by atoms with Gasteiger partial charge >= 0.3 is 0 Å². The molecule has 88 valence electrons. The number of aromatic nitrogens is 1. The predicted octanol–water partition coefficient (Wildman–Crippen LogP) is 2.82. The van der Waals surface area contributed by atoms with E-state index in [9.17, 15) is 4.79 Å². The van der Waals surface area contributed by atoms with Crippen molar-refractivity contribution in [2.45, 2.75) is 6.92 Å². The fourth-order valence-corrected chi connectivity index (χ4v) is 2.33. The minimum atomic E-state index is -0.0693. The second-order valence-electron chi connectivity index (χ2n) is 4.02. The van der Waals surface area contributed by atoms with Crippen molar-refractivity contribution in [1.29, 1.82) is 0 Å². The Kier molecular flexibility index (Phi) is 3.24. The third-order valence-corrected chi connectivity index (χ3v) is 3.39. The lowest BCUT2D eigenvalue weighted by molar-refractivity contribution is 0.0822. The molecular formula is C13H14N2OS. The van der Waals surface area contributed by atoms with Crippen LogP contribution in [0.15, 0.2) is 30.3 Å². The molecule has 3 nitrogen and oxygen atoms in total. The molecule has 0 unspecified atom stereocenters. The van der Waals surface area contributed by atoms with E-state index in [1.165, 1.54) is 9.78 Å². The molecule has 0 spiro atoms. The molecule has 2 aromatic heterocycles.